The standard InChI is InChI=1S/C9H16O3/c1-2-3-4-5-6-7-9(8-10)12-11/h7-8,11H,2-6H2,1H3. The van der Waals surface area contributed by atoms with E-state index in [9.17, 15) is 4.79 Å². The molecule has 1 N–H and O–H groups in total. The first kappa shape index (κ1) is 11.2. The lowest BCUT2D eigenvalue weighted by molar-refractivity contribution is -0.202. The summed E-state index contributed by atoms with van der Waals surface area (Å²) in [5.41, 5.74) is 0. The predicted molar refractivity (Wildman–Crippen MR) is 46.6 cm³/mol. The van der Waals surface area contributed by atoms with Gasteiger partial charge in [0.1, 0.15) is 0 Å². The first-order valence-corrected chi connectivity index (χ1v) is 4.32. The summed E-state index contributed by atoms with van der Waals surface area (Å²) in [5, 5.41) is 8.13. The summed E-state index contributed by atoms with van der Waals surface area (Å²) in [6.45, 7) is 2.14. The van der Waals surface area contributed by atoms with E-state index >= 15 is 0 Å². The Hall–Kier alpha value is -0.830. The molecule has 0 aromatic heterocycles. The van der Waals surface area contributed by atoms with Gasteiger partial charge in [0.25, 0.3) is 0 Å². The van der Waals surface area contributed by atoms with E-state index in [-0.39, 0.29) is 5.76 Å². The van der Waals surface area contributed by atoms with E-state index < -0.39 is 0 Å². The molecule has 0 fully saturated rings. The highest BCUT2D eigenvalue weighted by molar-refractivity contribution is 5.69. The van der Waals surface area contributed by atoms with Gasteiger partial charge in [0, 0.05) is 0 Å². The Morgan fingerprint density at radius 2 is 2.17 bits per heavy atom. The minimum absolute atomic E-state index is 0.00602. The first-order valence-electron chi connectivity index (χ1n) is 4.32. The van der Waals surface area contributed by atoms with Gasteiger partial charge in [-0.2, -0.15) is 0 Å². The quantitative estimate of drug-likeness (QED) is 0.160. The fourth-order valence-corrected chi connectivity index (χ4v) is 0.922. The van der Waals surface area contributed by atoms with E-state index in [1.165, 1.54) is 12.8 Å². The zero-order valence-corrected chi connectivity index (χ0v) is 7.45. The van der Waals surface area contributed by atoms with Crippen molar-refractivity contribution >= 4 is 6.29 Å². The van der Waals surface area contributed by atoms with Gasteiger partial charge in [-0.05, 0) is 18.9 Å². The molecule has 0 aliphatic rings. The number of hydrogen-bond acceptors (Lipinski definition) is 3. The number of allylic oxidation sites excluding steroid dienone is 2. The fourth-order valence-electron chi connectivity index (χ4n) is 0.922. The molecule has 0 spiro atoms. The van der Waals surface area contributed by atoms with Gasteiger partial charge in [0.15, 0.2) is 6.29 Å². The van der Waals surface area contributed by atoms with E-state index in [0.29, 0.717) is 6.29 Å². The smallest absolute Gasteiger partial charge is 0.200 e. The lowest BCUT2D eigenvalue weighted by Crippen LogP contribution is -1.87. The maximum Gasteiger partial charge on any atom is 0.200 e. The number of rotatable bonds is 7. The Morgan fingerprint density at radius 1 is 1.42 bits per heavy atom. The Balaban J connectivity index is 3.37. The van der Waals surface area contributed by atoms with Crippen molar-refractivity contribution in [2.75, 3.05) is 0 Å². The molecule has 70 valence electrons. The third-order valence-corrected chi connectivity index (χ3v) is 1.62. The maximum absolute atomic E-state index is 10.1. The van der Waals surface area contributed by atoms with Crippen molar-refractivity contribution in [2.24, 2.45) is 0 Å². The Labute approximate surface area is 73.0 Å². The molecule has 0 saturated heterocycles. The third kappa shape index (κ3) is 5.92. The Morgan fingerprint density at radius 3 is 2.67 bits per heavy atom. The predicted octanol–water partition coefficient (Wildman–Crippen LogP) is 2.53. The summed E-state index contributed by atoms with van der Waals surface area (Å²) < 4.78 is 0. The zero-order valence-electron chi connectivity index (χ0n) is 7.45. The molecule has 0 aliphatic carbocycles. The average molecular weight is 172 g/mol. The van der Waals surface area contributed by atoms with Crippen molar-refractivity contribution in [1.82, 2.24) is 0 Å². The second kappa shape index (κ2) is 8.27. The van der Waals surface area contributed by atoms with Crippen molar-refractivity contribution in [3.05, 3.63) is 11.8 Å². The van der Waals surface area contributed by atoms with Crippen LogP contribution in [0.15, 0.2) is 11.8 Å². The van der Waals surface area contributed by atoms with Crippen molar-refractivity contribution in [3.8, 4) is 0 Å². The minimum atomic E-state index is 0.00602. The Bertz CT molecular complexity index is 141. The van der Waals surface area contributed by atoms with Gasteiger partial charge in [-0.3, -0.25) is 4.79 Å². The summed E-state index contributed by atoms with van der Waals surface area (Å²) >= 11 is 0. The molecule has 0 saturated carbocycles. The Kier molecular flexibility index (Phi) is 7.70. The van der Waals surface area contributed by atoms with Crippen LogP contribution in [0.2, 0.25) is 0 Å². The van der Waals surface area contributed by atoms with Crippen LogP contribution in [0, 0.1) is 0 Å². The van der Waals surface area contributed by atoms with Gasteiger partial charge in [-0.15, -0.1) is 0 Å². The molecule has 0 heterocycles. The minimum Gasteiger partial charge on any atom is -0.337 e. The highest BCUT2D eigenvalue weighted by Gasteiger charge is 1.92. The molecule has 0 rings (SSSR count). The topological polar surface area (TPSA) is 46.5 Å². The lowest BCUT2D eigenvalue weighted by Gasteiger charge is -1.95. The van der Waals surface area contributed by atoms with E-state index in [2.05, 4.69) is 11.8 Å². The van der Waals surface area contributed by atoms with Crippen LogP contribution in [0.4, 0.5) is 0 Å². The summed E-state index contributed by atoms with van der Waals surface area (Å²) in [5.74, 6) is 0.00602. The summed E-state index contributed by atoms with van der Waals surface area (Å²) in [7, 11) is 0. The van der Waals surface area contributed by atoms with Gasteiger partial charge in [0.2, 0.25) is 5.76 Å². The molecular formula is C9H16O3. The van der Waals surface area contributed by atoms with Gasteiger partial charge < -0.3 is 4.89 Å². The lowest BCUT2D eigenvalue weighted by atomic mass is 10.1. The molecule has 0 aliphatic heterocycles. The molecule has 12 heavy (non-hydrogen) atoms. The molecule has 0 radical (unpaired) electrons. The van der Waals surface area contributed by atoms with Crippen molar-refractivity contribution < 1.29 is 14.9 Å². The molecule has 0 atom stereocenters. The van der Waals surface area contributed by atoms with Crippen LogP contribution in [0.5, 0.6) is 0 Å². The summed E-state index contributed by atoms with van der Waals surface area (Å²) in [6.07, 6.45) is 7.49. The van der Waals surface area contributed by atoms with Crippen LogP contribution >= 0.6 is 0 Å². The number of carbonyl (C=O) groups excluding carboxylic acids is 1. The first-order chi connectivity index (χ1) is 5.85. The number of carbonyl (C=O) groups is 1. The number of aldehydes is 1. The van der Waals surface area contributed by atoms with Crippen molar-refractivity contribution in [3.63, 3.8) is 0 Å². The highest BCUT2D eigenvalue weighted by Crippen LogP contribution is 2.04. The average Bonchev–Trinajstić information content (AvgIpc) is 2.11. The van der Waals surface area contributed by atoms with Crippen molar-refractivity contribution in [2.45, 2.75) is 39.0 Å². The van der Waals surface area contributed by atoms with Crippen LogP contribution < -0.4 is 0 Å². The molecular weight excluding hydrogens is 156 g/mol. The fraction of sp³-hybridized carbons (Fsp3) is 0.667. The largest absolute Gasteiger partial charge is 0.337 e. The normalized spacial score (nSPS) is 11.3. The summed E-state index contributed by atoms with van der Waals surface area (Å²) in [4.78, 5) is 13.9. The molecule has 0 amide bonds. The second-order valence-electron chi connectivity index (χ2n) is 2.66. The maximum atomic E-state index is 10.1. The van der Waals surface area contributed by atoms with Gasteiger partial charge in [-0.25, -0.2) is 5.26 Å². The van der Waals surface area contributed by atoms with Crippen LogP contribution in [0.3, 0.4) is 0 Å². The van der Waals surface area contributed by atoms with Gasteiger partial charge in [0.05, 0.1) is 0 Å². The molecule has 0 aromatic carbocycles. The van der Waals surface area contributed by atoms with Crippen LogP contribution in [0.1, 0.15) is 39.0 Å². The molecule has 3 nitrogen and oxygen atoms in total. The zero-order chi connectivity index (χ0) is 9.23. The molecule has 0 bridgehead atoms. The number of hydrogen-bond donors (Lipinski definition) is 1. The van der Waals surface area contributed by atoms with E-state index in [4.69, 9.17) is 5.26 Å². The monoisotopic (exact) mass is 172 g/mol. The molecule has 0 aromatic rings. The highest BCUT2D eigenvalue weighted by atomic mass is 17.1. The van der Waals surface area contributed by atoms with Crippen LogP contribution in [-0.4, -0.2) is 11.5 Å². The SMILES string of the molecule is CCCCCCC=C(C=O)OO. The number of unbranched alkanes of at least 4 members (excludes halogenated alkanes) is 4. The van der Waals surface area contributed by atoms with Crippen LogP contribution in [0.25, 0.3) is 0 Å². The molecule has 3 heteroatoms. The van der Waals surface area contributed by atoms with E-state index in [0.717, 1.165) is 19.3 Å². The van der Waals surface area contributed by atoms with E-state index in [1.807, 2.05) is 0 Å². The summed E-state index contributed by atoms with van der Waals surface area (Å²) in [6, 6.07) is 0. The molecule has 0 unspecified atom stereocenters. The second-order valence-corrected chi connectivity index (χ2v) is 2.66. The van der Waals surface area contributed by atoms with Crippen LogP contribution in [-0.2, 0) is 9.68 Å². The van der Waals surface area contributed by atoms with Gasteiger partial charge in [-0.1, -0.05) is 26.2 Å². The van der Waals surface area contributed by atoms with Gasteiger partial charge >= 0.3 is 0 Å². The third-order valence-electron chi connectivity index (χ3n) is 1.62. The van der Waals surface area contributed by atoms with Crippen molar-refractivity contribution in [1.29, 1.82) is 0 Å². The van der Waals surface area contributed by atoms with E-state index in [1.54, 1.807) is 6.08 Å².